The molecule has 0 N–H and O–H groups in total. The number of rotatable bonds is 6. The van der Waals surface area contributed by atoms with Crippen molar-refractivity contribution in [3.05, 3.63) is 70.8 Å². The highest BCUT2D eigenvalue weighted by Gasteiger charge is 2.22. The van der Waals surface area contributed by atoms with Gasteiger partial charge >= 0.3 is 6.09 Å². The second-order valence-electron chi connectivity index (χ2n) is 8.24. The van der Waals surface area contributed by atoms with Gasteiger partial charge in [-0.3, -0.25) is 9.67 Å². The topological polar surface area (TPSA) is 82.4 Å². The van der Waals surface area contributed by atoms with Crippen molar-refractivity contribution in [1.82, 2.24) is 24.6 Å². The van der Waals surface area contributed by atoms with Crippen LogP contribution in [-0.4, -0.2) is 43.9 Å². The Bertz CT molecular complexity index is 1370. The van der Waals surface area contributed by atoms with Crippen LogP contribution in [0.25, 0.3) is 22.2 Å². The normalized spacial score (nSPS) is 13.9. The third-order valence-corrected chi connectivity index (χ3v) is 6.24. The number of fused-ring (bicyclic) bond motifs is 1. The van der Waals surface area contributed by atoms with Crippen molar-refractivity contribution in [3.63, 3.8) is 0 Å². The lowest BCUT2D eigenvalue weighted by molar-refractivity contribution is 0.0698. The van der Waals surface area contributed by atoms with Crippen molar-refractivity contribution in [2.75, 3.05) is 13.2 Å². The number of pyridine rings is 2. The summed E-state index contributed by atoms with van der Waals surface area (Å²) in [6.45, 7) is 3.63. The van der Waals surface area contributed by atoms with Crippen molar-refractivity contribution in [1.29, 1.82) is 0 Å². The molecule has 9 heteroatoms. The molecule has 8 nitrogen and oxygen atoms in total. The fourth-order valence-corrected chi connectivity index (χ4v) is 4.45. The fourth-order valence-electron chi connectivity index (χ4n) is 4.21. The summed E-state index contributed by atoms with van der Waals surface area (Å²) < 4.78 is 13.3. The number of carbonyl (C=O) groups excluding carboxylic acids is 1. The number of hydrogen-bond donors (Lipinski definition) is 0. The zero-order chi connectivity index (χ0) is 23.7. The summed E-state index contributed by atoms with van der Waals surface area (Å²) in [6, 6.07) is 9.92. The molecule has 1 amide bonds. The van der Waals surface area contributed by atoms with E-state index >= 15 is 0 Å². The predicted molar refractivity (Wildman–Crippen MR) is 129 cm³/mol. The minimum atomic E-state index is -0.325. The molecule has 0 atom stereocenters. The average molecular weight is 478 g/mol. The van der Waals surface area contributed by atoms with E-state index in [9.17, 15) is 4.79 Å². The van der Waals surface area contributed by atoms with E-state index in [0.29, 0.717) is 30.5 Å². The summed E-state index contributed by atoms with van der Waals surface area (Å²) in [5.41, 5.74) is 5.30. The first-order valence-electron chi connectivity index (χ1n) is 11.1. The molecule has 0 bridgehead atoms. The minimum Gasteiger partial charge on any atom is -0.487 e. The maximum Gasteiger partial charge on any atom is 0.410 e. The van der Waals surface area contributed by atoms with Crippen LogP contribution in [-0.2, 0) is 24.9 Å². The SMILES string of the molecule is Cc1cc(-c2ccnn2C)c2cccc(OCc3c(Cl)cncc3CN3CCCOC3=O)c2n1. The van der Waals surface area contributed by atoms with E-state index in [1.165, 1.54) is 0 Å². The Labute approximate surface area is 202 Å². The first kappa shape index (κ1) is 22.2. The second kappa shape index (κ2) is 9.30. The molecular formula is C25H24ClN5O3. The summed E-state index contributed by atoms with van der Waals surface area (Å²) in [4.78, 5) is 22.7. The summed E-state index contributed by atoms with van der Waals surface area (Å²) in [5, 5.41) is 5.77. The number of aromatic nitrogens is 4. The Kier molecular flexibility index (Phi) is 6.06. The molecule has 1 saturated heterocycles. The van der Waals surface area contributed by atoms with E-state index in [-0.39, 0.29) is 12.7 Å². The van der Waals surface area contributed by atoms with Gasteiger partial charge < -0.3 is 14.4 Å². The van der Waals surface area contributed by atoms with Gasteiger partial charge in [-0.1, -0.05) is 23.7 Å². The van der Waals surface area contributed by atoms with Crippen LogP contribution >= 0.6 is 11.6 Å². The quantitative estimate of drug-likeness (QED) is 0.392. The van der Waals surface area contributed by atoms with Crippen molar-refractivity contribution in [3.8, 4) is 17.0 Å². The van der Waals surface area contributed by atoms with E-state index in [4.69, 9.17) is 26.1 Å². The molecule has 34 heavy (non-hydrogen) atoms. The summed E-state index contributed by atoms with van der Waals surface area (Å²) in [5.74, 6) is 0.654. The number of hydrogen-bond acceptors (Lipinski definition) is 6. The Morgan fingerprint density at radius 3 is 2.91 bits per heavy atom. The molecular weight excluding hydrogens is 454 g/mol. The molecule has 1 aliphatic heterocycles. The Balaban J connectivity index is 1.47. The Morgan fingerprint density at radius 1 is 1.24 bits per heavy atom. The number of carbonyl (C=O) groups is 1. The lowest BCUT2D eigenvalue weighted by Crippen LogP contribution is -2.37. The maximum atomic E-state index is 12.1. The summed E-state index contributed by atoms with van der Waals surface area (Å²) in [7, 11) is 1.92. The van der Waals surface area contributed by atoms with E-state index in [1.54, 1.807) is 23.5 Å². The standard InChI is InChI=1S/C25H24ClN5O3/c1-16-11-19(22-7-8-28-30(22)2)18-5-3-6-23(24(18)29-16)34-15-20-17(12-27-13-21(20)26)14-31-9-4-10-33-25(31)32/h3,5-8,11-13H,4,9-10,14-15H2,1-2H3. The van der Waals surface area contributed by atoms with Gasteiger partial charge in [0.25, 0.3) is 0 Å². The van der Waals surface area contributed by atoms with Crippen molar-refractivity contribution in [2.24, 2.45) is 7.05 Å². The largest absolute Gasteiger partial charge is 0.487 e. The molecule has 4 heterocycles. The number of nitrogens with zero attached hydrogens (tertiary/aromatic N) is 5. The number of para-hydroxylation sites is 1. The molecule has 1 aromatic carbocycles. The Hall–Kier alpha value is -3.65. The van der Waals surface area contributed by atoms with Gasteiger partial charge in [0, 0.05) is 54.4 Å². The van der Waals surface area contributed by atoms with Gasteiger partial charge in [-0.25, -0.2) is 9.78 Å². The van der Waals surface area contributed by atoms with Gasteiger partial charge in [-0.15, -0.1) is 0 Å². The molecule has 174 valence electrons. The van der Waals surface area contributed by atoms with Crippen molar-refractivity contribution in [2.45, 2.75) is 26.5 Å². The summed E-state index contributed by atoms with van der Waals surface area (Å²) >= 11 is 6.50. The van der Waals surface area contributed by atoms with Crippen LogP contribution in [0.4, 0.5) is 4.79 Å². The van der Waals surface area contributed by atoms with Crippen LogP contribution < -0.4 is 4.74 Å². The molecule has 5 rings (SSSR count). The van der Waals surface area contributed by atoms with E-state index in [0.717, 1.165) is 45.4 Å². The predicted octanol–water partition coefficient (Wildman–Crippen LogP) is 4.91. The van der Waals surface area contributed by atoms with E-state index in [1.807, 2.05) is 42.9 Å². The van der Waals surface area contributed by atoms with Gasteiger partial charge in [-0.05, 0) is 37.1 Å². The number of cyclic esters (lactones) is 1. The smallest absolute Gasteiger partial charge is 0.410 e. The maximum absolute atomic E-state index is 12.1. The molecule has 1 aliphatic rings. The lowest BCUT2D eigenvalue weighted by atomic mass is 10.0. The second-order valence-corrected chi connectivity index (χ2v) is 8.65. The van der Waals surface area contributed by atoms with Crippen LogP contribution in [0.3, 0.4) is 0 Å². The molecule has 3 aromatic heterocycles. The highest BCUT2D eigenvalue weighted by Crippen LogP contribution is 2.34. The number of amides is 1. The average Bonchev–Trinajstić information content (AvgIpc) is 3.25. The van der Waals surface area contributed by atoms with Crippen molar-refractivity contribution >= 4 is 28.6 Å². The van der Waals surface area contributed by atoms with Gasteiger partial charge in [0.05, 0.1) is 23.9 Å². The fraction of sp³-hybridized carbons (Fsp3) is 0.280. The first-order chi connectivity index (χ1) is 16.5. The lowest BCUT2D eigenvalue weighted by Gasteiger charge is -2.27. The highest BCUT2D eigenvalue weighted by atomic mass is 35.5. The monoisotopic (exact) mass is 477 g/mol. The first-order valence-corrected chi connectivity index (χ1v) is 11.4. The van der Waals surface area contributed by atoms with Crippen LogP contribution in [0, 0.1) is 6.92 Å². The van der Waals surface area contributed by atoms with Crippen LogP contribution in [0.5, 0.6) is 5.75 Å². The molecule has 0 saturated carbocycles. The number of benzene rings is 1. The molecule has 0 radical (unpaired) electrons. The van der Waals surface area contributed by atoms with Crippen LogP contribution in [0.1, 0.15) is 23.2 Å². The van der Waals surface area contributed by atoms with E-state index in [2.05, 4.69) is 16.1 Å². The third kappa shape index (κ3) is 4.28. The highest BCUT2D eigenvalue weighted by molar-refractivity contribution is 6.31. The zero-order valence-electron chi connectivity index (χ0n) is 19.0. The number of halogens is 1. The molecule has 1 fully saturated rings. The molecule has 0 unspecified atom stereocenters. The van der Waals surface area contributed by atoms with Gasteiger partial charge in [0.2, 0.25) is 0 Å². The molecule has 0 spiro atoms. The summed E-state index contributed by atoms with van der Waals surface area (Å²) in [6.07, 6.45) is 5.56. The van der Waals surface area contributed by atoms with Crippen LogP contribution in [0.15, 0.2) is 48.9 Å². The number of aryl methyl sites for hydroxylation is 2. The molecule has 4 aromatic rings. The third-order valence-electron chi connectivity index (χ3n) is 5.91. The van der Waals surface area contributed by atoms with Crippen LogP contribution in [0.2, 0.25) is 5.02 Å². The molecule has 0 aliphatic carbocycles. The minimum absolute atomic E-state index is 0.218. The van der Waals surface area contributed by atoms with Gasteiger partial charge in [-0.2, -0.15) is 5.10 Å². The zero-order valence-corrected chi connectivity index (χ0v) is 19.7. The Morgan fingerprint density at radius 2 is 2.12 bits per heavy atom. The van der Waals surface area contributed by atoms with Gasteiger partial charge in [0.15, 0.2) is 0 Å². The van der Waals surface area contributed by atoms with E-state index < -0.39 is 0 Å². The van der Waals surface area contributed by atoms with Crippen molar-refractivity contribution < 1.29 is 14.3 Å². The van der Waals surface area contributed by atoms with Gasteiger partial charge in [0.1, 0.15) is 17.9 Å². The number of ether oxygens (including phenoxy) is 2.